The summed E-state index contributed by atoms with van der Waals surface area (Å²) in [5.41, 5.74) is 0. The summed E-state index contributed by atoms with van der Waals surface area (Å²) < 4.78 is 28.1. The van der Waals surface area contributed by atoms with Crippen molar-refractivity contribution in [3.63, 3.8) is 0 Å². The molecule has 0 aliphatic carbocycles. The van der Waals surface area contributed by atoms with Crippen LogP contribution in [-0.2, 0) is 14.8 Å². The molecule has 0 radical (unpaired) electrons. The van der Waals surface area contributed by atoms with Crippen molar-refractivity contribution < 1.29 is 13.2 Å². The SMILES string of the molecule is CC(=O)NC1CCN(S(=O)(=O)c2ccc(Br)cc2Br)CC1. The molecule has 1 aromatic carbocycles. The van der Waals surface area contributed by atoms with E-state index in [9.17, 15) is 13.2 Å². The number of hydrogen-bond donors (Lipinski definition) is 1. The quantitative estimate of drug-likeness (QED) is 0.786. The van der Waals surface area contributed by atoms with Gasteiger partial charge in [-0.15, -0.1) is 0 Å². The monoisotopic (exact) mass is 438 g/mol. The first-order valence-electron chi connectivity index (χ1n) is 6.53. The highest BCUT2D eigenvalue weighted by Crippen LogP contribution is 2.29. The van der Waals surface area contributed by atoms with E-state index < -0.39 is 10.0 Å². The van der Waals surface area contributed by atoms with Gasteiger partial charge in [0.1, 0.15) is 0 Å². The number of carbonyl (C=O) groups excluding carboxylic acids is 1. The van der Waals surface area contributed by atoms with Crippen molar-refractivity contribution in [2.75, 3.05) is 13.1 Å². The zero-order valence-corrected chi connectivity index (χ0v) is 15.5. The third-order valence-electron chi connectivity index (χ3n) is 3.37. The average molecular weight is 440 g/mol. The molecule has 8 heteroatoms. The molecule has 116 valence electrons. The van der Waals surface area contributed by atoms with Gasteiger partial charge in [0.25, 0.3) is 0 Å². The van der Waals surface area contributed by atoms with Gasteiger partial charge in [-0.25, -0.2) is 8.42 Å². The molecule has 1 N–H and O–H groups in total. The number of hydrogen-bond acceptors (Lipinski definition) is 3. The van der Waals surface area contributed by atoms with Crippen molar-refractivity contribution in [1.82, 2.24) is 9.62 Å². The third-order valence-corrected chi connectivity index (χ3v) is 6.74. The minimum Gasteiger partial charge on any atom is -0.354 e. The van der Waals surface area contributed by atoms with Crippen LogP contribution < -0.4 is 5.32 Å². The zero-order chi connectivity index (χ0) is 15.6. The first-order chi connectivity index (χ1) is 9.80. The number of amides is 1. The summed E-state index contributed by atoms with van der Waals surface area (Å²) in [4.78, 5) is 11.3. The second-order valence-electron chi connectivity index (χ2n) is 4.95. The number of rotatable bonds is 3. The molecular weight excluding hydrogens is 424 g/mol. The molecule has 0 bridgehead atoms. The van der Waals surface area contributed by atoms with E-state index in [1.165, 1.54) is 11.2 Å². The Kier molecular flexibility index (Phi) is 5.45. The number of halogens is 2. The minimum atomic E-state index is -3.51. The summed E-state index contributed by atoms with van der Waals surface area (Å²) in [6.07, 6.45) is 1.26. The molecule has 0 aromatic heterocycles. The van der Waals surface area contributed by atoms with Crippen LogP contribution in [0.5, 0.6) is 0 Å². The summed E-state index contributed by atoms with van der Waals surface area (Å²) in [7, 11) is -3.51. The Labute approximate surface area is 141 Å². The molecule has 1 fully saturated rings. The van der Waals surface area contributed by atoms with Crippen LogP contribution in [0.15, 0.2) is 32.0 Å². The predicted octanol–water partition coefficient (Wildman–Crippen LogP) is 2.50. The highest BCUT2D eigenvalue weighted by molar-refractivity contribution is 9.11. The van der Waals surface area contributed by atoms with Gasteiger partial charge in [0, 0.05) is 35.0 Å². The van der Waals surface area contributed by atoms with Crippen LogP contribution in [0.2, 0.25) is 0 Å². The Morgan fingerprint density at radius 2 is 1.90 bits per heavy atom. The summed E-state index contributed by atoms with van der Waals surface area (Å²) in [6.45, 7) is 2.30. The number of nitrogens with zero attached hydrogens (tertiary/aromatic N) is 1. The van der Waals surface area contributed by atoms with Gasteiger partial charge in [-0.2, -0.15) is 4.31 Å². The molecule has 21 heavy (non-hydrogen) atoms. The lowest BCUT2D eigenvalue weighted by Gasteiger charge is -2.31. The van der Waals surface area contributed by atoms with E-state index in [0.717, 1.165) is 4.47 Å². The van der Waals surface area contributed by atoms with Crippen LogP contribution in [0.1, 0.15) is 19.8 Å². The first-order valence-corrected chi connectivity index (χ1v) is 9.55. The highest BCUT2D eigenvalue weighted by Gasteiger charge is 2.30. The lowest BCUT2D eigenvalue weighted by atomic mass is 10.1. The lowest BCUT2D eigenvalue weighted by Crippen LogP contribution is -2.46. The third kappa shape index (κ3) is 4.06. The molecule has 1 aliphatic rings. The molecule has 5 nitrogen and oxygen atoms in total. The van der Waals surface area contributed by atoms with Crippen LogP contribution >= 0.6 is 31.9 Å². The van der Waals surface area contributed by atoms with Crippen molar-refractivity contribution in [3.05, 3.63) is 27.1 Å². The number of carbonyl (C=O) groups is 1. The molecule has 0 saturated carbocycles. The summed E-state index contributed by atoms with van der Waals surface area (Å²) in [5, 5.41) is 2.84. The standard InChI is InChI=1S/C13H16Br2N2O3S/c1-9(18)16-11-4-6-17(7-5-11)21(19,20)13-3-2-10(14)8-12(13)15/h2-3,8,11H,4-7H2,1H3,(H,16,18). The van der Waals surface area contributed by atoms with E-state index in [-0.39, 0.29) is 16.8 Å². The maximum absolute atomic E-state index is 12.6. The second kappa shape index (κ2) is 6.76. The van der Waals surface area contributed by atoms with Crippen molar-refractivity contribution in [3.8, 4) is 0 Å². The fourth-order valence-electron chi connectivity index (χ4n) is 2.35. The second-order valence-corrected chi connectivity index (χ2v) is 8.63. The zero-order valence-electron chi connectivity index (χ0n) is 11.5. The topological polar surface area (TPSA) is 66.5 Å². The number of piperidine rings is 1. The molecule has 1 heterocycles. The highest BCUT2D eigenvalue weighted by atomic mass is 79.9. The normalized spacial score (nSPS) is 17.7. The van der Waals surface area contributed by atoms with E-state index >= 15 is 0 Å². The molecular formula is C13H16Br2N2O3S. The average Bonchev–Trinajstić information content (AvgIpc) is 2.38. The molecule has 2 rings (SSSR count). The van der Waals surface area contributed by atoms with Crippen LogP contribution in [0.3, 0.4) is 0 Å². The van der Waals surface area contributed by atoms with Crippen LogP contribution in [0.4, 0.5) is 0 Å². The van der Waals surface area contributed by atoms with Crippen molar-refractivity contribution in [2.24, 2.45) is 0 Å². The van der Waals surface area contributed by atoms with Crippen molar-refractivity contribution in [2.45, 2.75) is 30.7 Å². The van der Waals surface area contributed by atoms with Crippen LogP contribution in [0, 0.1) is 0 Å². The van der Waals surface area contributed by atoms with E-state index in [1.807, 2.05) is 0 Å². The van der Waals surface area contributed by atoms with Crippen LogP contribution in [0.25, 0.3) is 0 Å². The van der Waals surface area contributed by atoms with Gasteiger partial charge in [-0.1, -0.05) is 15.9 Å². The van der Waals surface area contributed by atoms with Gasteiger partial charge in [-0.05, 0) is 47.0 Å². The number of sulfonamides is 1. The number of nitrogens with one attached hydrogen (secondary N) is 1. The van der Waals surface area contributed by atoms with Crippen molar-refractivity contribution in [1.29, 1.82) is 0 Å². The van der Waals surface area contributed by atoms with E-state index in [1.54, 1.807) is 18.2 Å². The largest absolute Gasteiger partial charge is 0.354 e. The van der Waals surface area contributed by atoms with Crippen molar-refractivity contribution >= 4 is 47.8 Å². The fourth-order valence-corrected chi connectivity index (χ4v) is 5.53. The fraction of sp³-hybridized carbons (Fsp3) is 0.462. The molecule has 0 unspecified atom stereocenters. The first kappa shape index (κ1) is 16.9. The number of benzene rings is 1. The maximum Gasteiger partial charge on any atom is 0.244 e. The van der Waals surface area contributed by atoms with Gasteiger partial charge in [0.05, 0.1) is 4.90 Å². The molecule has 1 aromatic rings. The Hall–Kier alpha value is -0.440. The molecule has 0 spiro atoms. The maximum atomic E-state index is 12.6. The summed E-state index contributed by atoms with van der Waals surface area (Å²) >= 11 is 6.61. The Bertz CT molecular complexity index is 641. The minimum absolute atomic E-state index is 0.0577. The van der Waals surface area contributed by atoms with Crippen LogP contribution in [-0.4, -0.2) is 37.8 Å². The lowest BCUT2D eigenvalue weighted by molar-refractivity contribution is -0.119. The van der Waals surface area contributed by atoms with Gasteiger partial charge in [-0.3, -0.25) is 4.79 Å². The Morgan fingerprint density at radius 3 is 2.43 bits per heavy atom. The molecule has 1 aliphatic heterocycles. The van der Waals surface area contributed by atoms with Gasteiger partial charge < -0.3 is 5.32 Å². The van der Waals surface area contributed by atoms with E-state index in [0.29, 0.717) is 30.4 Å². The molecule has 1 saturated heterocycles. The van der Waals surface area contributed by atoms with Gasteiger partial charge >= 0.3 is 0 Å². The molecule has 1 amide bonds. The summed E-state index contributed by atoms with van der Waals surface area (Å²) in [6, 6.07) is 5.07. The summed E-state index contributed by atoms with van der Waals surface area (Å²) in [5.74, 6) is -0.0769. The van der Waals surface area contributed by atoms with E-state index in [2.05, 4.69) is 37.2 Å². The van der Waals surface area contributed by atoms with Gasteiger partial charge in [0.2, 0.25) is 15.9 Å². The predicted molar refractivity (Wildman–Crippen MR) is 87.4 cm³/mol. The van der Waals surface area contributed by atoms with E-state index in [4.69, 9.17) is 0 Å². The van der Waals surface area contributed by atoms with Gasteiger partial charge in [0.15, 0.2) is 0 Å². The Morgan fingerprint density at radius 1 is 1.29 bits per heavy atom. The Balaban J connectivity index is 2.13. The smallest absolute Gasteiger partial charge is 0.244 e. The molecule has 0 atom stereocenters.